The molecule has 5 heteroatoms. The molecule has 5 rings (SSSR count). The molecule has 5 nitrogen and oxygen atoms in total. The number of H-pyrrole nitrogens is 1. The molecule has 0 radical (unpaired) electrons. The number of fused-ring (bicyclic) bond motifs is 1. The van der Waals surface area contributed by atoms with E-state index in [0.29, 0.717) is 11.8 Å². The number of oxazole rings is 1. The van der Waals surface area contributed by atoms with E-state index >= 15 is 0 Å². The summed E-state index contributed by atoms with van der Waals surface area (Å²) >= 11 is 0. The Hall–Kier alpha value is -3.05. The number of nitrogens with one attached hydrogen (secondary N) is 1. The highest BCUT2D eigenvalue weighted by Crippen LogP contribution is 2.31. The molecule has 1 aliphatic rings. The molecule has 1 N–H and O–H groups in total. The molecule has 0 spiro atoms. The monoisotopic (exact) mass is 429 g/mol. The van der Waals surface area contributed by atoms with Gasteiger partial charge in [-0.25, -0.2) is 4.98 Å². The van der Waals surface area contributed by atoms with Crippen LogP contribution in [0.2, 0.25) is 0 Å². The van der Waals surface area contributed by atoms with Gasteiger partial charge in [-0.1, -0.05) is 35.9 Å². The first-order valence-corrected chi connectivity index (χ1v) is 11.6. The molecule has 1 saturated heterocycles. The maximum absolute atomic E-state index is 6.17. The van der Waals surface area contributed by atoms with Crippen LogP contribution >= 0.6 is 0 Å². The van der Waals surface area contributed by atoms with Gasteiger partial charge in [0.25, 0.3) is 0 Å². The van der Waals surface area contributed by atoms with Crippen molar-refractivity contribution in [3.8, 4) is 17.3 Å². The topological polar surface area (TPSA) is 54.3 Å². The van der Waals surface area contributed by atoms with Crippen molar-refractivity contribution >= 4 is 10.9 Å². The van der Waals surface area contributed by atoms with Crippen LogP contribution in [-0.4, -0.2) is 41.1 Å². The highest BCUT2D eigenvalue weighted by atomic mass is 16.5. The lowest BCUT2D eigenvalue weighted by Gasteiger charge is -2.32. The molecule has 0 saturated carbocycles. The van der Waals surface area contributed by atoms with Gasteiger partial charge in [0.1, 0.15) is 17.2 Å². The summed E-state index contributed by atoms with van der Waals surface area (Å²) in [7, 11) is 0. The largest absolute Gasteiger partial charge is 0.493 e. The number of benzene rings is 2. The quantitative estimate of drug-likeness (QED) is 0.361. The first kappa shape index (κ1) is 20.8. The molecular formula is C27H31N3O2. The molecule has 0 atom stereocenters. The molecule has 1 aliphatic heterocycles. The average Bonchev–Trinajstić information content (AvgIpc) is 3.44. The van der Waals surface area contributed by atoms with E-state index in [1.54, 1.807) is 6.20 Å². The van der Waals surface area contributed by atoms with Crippen LogP contribution in [0.25, 0.3) is 22.5 Å². The summed E-state index contributed by atoms with van der Waals surface area (Å²) in [6, 6.07) is 17.3. The third kappa shape index (κ3) is 4.58. The number of aromatic amines is 1. The number of piperidine rings is 1. The zero-order chi connectivity index (χ0) is 21.9. The van der Waals surface area contributed by atoms with Crippen molar-refractivity contribution in [3.63, 3.8) is 0 Å². The van der Waals surface area contributed by atoms with E-state index in [1.807, 2.05) is 19.1 Å². The van der Waals surface area contributed by atoms with Gasteiger partial charge in [-0.3, -0.25) is 0 Å². The smallest absolute Gasteiger partial charge is 0.243 e. The van der Waals surface area contributed by atoms with Gasteiger partial charge in [0.15, 0.2) is 0 Å². The fourth-order valence-electron chi connectivity index (χ4n) is 4.65. The van der Waals surface area contributed by atoms with E-state index in [0.717, 1.165) is 47.7 Å². The molecule has 3 heterocycles. The Balaban J connectivity index is 1.12. The maximum atomic E-state index is 6.17. The fourth-order valence-corrected chi connectivity index (χ4v) is 4.65. The fraction of sp³-hybridized carbons (Fsp3) is 0.370. The van der Waals surface area contributed by atoms with Gasteiger partial charge in [-0.05, 0) is 75.9 Å². The predicted molar refractivity (Wildman–Crippen MR) is 128 cm³/mol. The van der Waals surface area contributed by atoms with E-state index in [1.165, 1.54) is 37.1 Å². The summed E-state index contributed by atoms with van der Waals surface area (Å²) < 4.78 is 11.8. The zero-order valence-corrected chi connectivity index (χ0v) is 18.9. The van der Waals surface area contributed by atoms with Crippen LogP contribution in [0.3, 0.4) is 0 Å². The van der Waals surface area contributed by atoms with Crippen molar-refractivity contribution in [2.75, 3.05) is 26.2 Å². The molecule has 0 aliphatic carbocycles. The molecule has 4 aromatic rings. The molecule has 0 unspecified atom stereocenters. The van der Waals surface area contributed by atoms with Gasteiger partial charge in [-0.15, -0.1) is 0 Å². The highest BCUT2D eigenvalue weighted by molar-refractivity contribution is 5.89. The second-order valence-corrected chi connectivity index (χ2v) is 8.91. The summed E-state index contributed by atoms with van der Waals surface area (Å²) in [5.74, 6) is 3.03. The molecule has 2 aromatic carbocycles. The number of hydrogen-bond donors (Lipinski definition) is 1. The summed E-state index contributed by atoms with van der Waals surface area (Å²) in [6.45, 7) is 8.20. The zero-order valence-electron chi connectivity index (χ0n) is 18.9. The van der Waals surface area contributed by atoms with Crippen molar-refractivity contribution in [2.45, 2.75) is 39.0 Å². The van der Waals surface area contributed by atoms with Crippen molar-refractivity contribution in [3.05, 3.63) is 71.6 Å². The van der Waals surface area contributed by atoms with E-state index < -0.39 is 0 Å². The van der Waals surface area contributed by atoms with Gasteiger partial charge in [0.05, 0.1) is 12.8 Å². The van der Waals surface area contributed by atoms with Crippen LogP contribution in [-0.2, 0) is 0 Å². The van der Waals surface area contributed by atoms with Crippen LogP contribution < -0.4 is 4.74 Å². The van der Waals surface area contributed by atoms with E-state index in [-0.39, 0.29) is 0 Å². The van der Waals surface area contributed by atoms with Gasteiger partial charge in [-0.2, -0.15) is 0 Å². The molecule has 1 fully saturated rings. The maximum Gasteiger partial charge on any atom is 0.243 e. The third-order valence-corrected chi connectivity index (χ3v) is 6.49. The number of ether oxygens (including phenoxy) is 1. The van der Waals surface area contributed by atoms with Crippen molar-refractivity contribution in [1.82, 2.24) is 14.9 Å². The lowest BCUT2D eigenvalue weighted by Crippen LogP contribution is -2.34. The second-order valence-electron chi connectivity index (χ2n) is 8.91. The first-order chi connectivity index (χ1) is 15.7. The Morgan fingerprint density at radius 2 is 1.91 bits per heavy atom. The average molecular weight is 430 g/mol. The lowest BCUT2D eigenvalue weighted by molar-refractivity contribution is 0.193. The first-order valence-electron chi connectivity index (χ1n) is 11.6. The van der Waals surface area contributed by atoms with E-state index in [9.17, 15) is 0 Å². The standard InChI is InChI=1S/C27H31N3O2/c1-19-7-9-21(10-8-19)22-11-14-30(15-12-22)13-4-16-31-26-6-3-5-24-23(26)17-25(29-24)27-28-18-20(2)32-27/h3,5-10,17-18,22,29H,4,11-16H2,1-2H3. The van der Waals surface area contributed by atoms with Crippen LogP contribution in [0.1, 0.15) is 42.1 Å². The second kappa shape index (κ2) is 9.21. The molecule has 2 aromatic heterocycles. The minimum Gasteiger partial charge on any atom is -0.493 e. The highest BCUT2D eigenvalue weighted by Gasteiger charge is 2.20. The summed E-state index contributed by atoms with van der Waals surface area (Å²) in [5, 5.41) is 1.07. The van der Waals surface area contributed by atoms with Gasteiger partial charge in [0.2, 0.25) is 5.89 Å². The minimum atomic E-state index is 0.610. The Morgan fingerprint density at radius 3 is 2.66 bits per heavy atom. The molecule has 166 valence electrons. The van der Waals surface area contributed by atoms with Crippen LogP contribution in [0.15, 0.2) is 59.1 Å². The molecule has 0 amide bonds. The summed E-state index contributed by atoms with van der Waals surface area (Å²) in [4.78, 5) is 10.3. The molecule has 0 bridgehead atoms. The predicted octanol–water partition coefficient (Wildman–Crippen LogP) is 6.09. The van der Waals surface area contributed by atoms with Crippen LogP contribution in [0, 0.1) is 13.8 Å². The minimum absolute atomic E-state index is 0.610. The normalized spacial score (nSPS) is 15.4. The van der Waals surface area contributed by atoms with Crippen molar-refractivity contribution in [2.24, 2.45) is 0 Å². The van der Waals surface area contributed by atoms with E-state index in [2.05, 4.69) is 58.2 Å². The Morgan fingerprint density at radius 1 is 1.09 bits per heavy atom. The number of hydrogen-bond acceptors (Lipinski definition) is 4. The summed E-state index contributed by atoms with van der Waals surface area (Å²) in [5.41, 5.74) is 4.75. The lowest BCUT2D eigenvalue weighted by atomic mass is 9.89. The SMILES string of the molecule is Cc1ccc(C2CCN(CCCOc3cccc4[nH]c(-c5ncc(C)o5)cc34)CC2)cc1. The number of likely N-dealkylation sites (tertiary alicyclic amines) is 1. The third-order valence-electron chi connectivity index (χ3n) is 6.49. The molecule has 32 heavy (non-hydrogen) atoms. The van der Waals surface area contributed by atoms with Crippen molar-refractivity contribution < 1.29 is 9.15 Å². The van der Waals surface area contributed by atoms with E-state index in [4.69, 9.17) is 9.15 Å². The number of nitrogens with zero attached hydrogens (tertiary/aromatic N) is 2. The number of aryl methyl sites for hydroxylation is 2. The van der Waals surface area contributed by atoms with Crippen LogP contribution in [0.4, 0.5) is 0 Å². The Kier molecular flexibility index (Phi) is 5.99. The van der Waals surface area contributed by atoms with Gasteiger partial charge in [0, 0.05) is 17.4 Å². The van der Waals surface area contributed by atoms with Crippen LogP contribution in [0.5, 0.6) is 5.75 Å². The van der Waals surface area contributed by atoms with Gasteiger partial charge >= 0.3 is 0 Å². The number of aromatic nitrogens is 2. The number of rotatable bonds is 7. The van der Waals surface area contributed by atoms with Gasteiger partial charge < -0.3 is 19.0 Å². The Bertz CT molecular complexity index is 1170. The van der Waals surface area contributed by atoms with Crippen molar-refractivity contribution in [1.29, 1.82) is 0 Å². The molecular weight excluding hydrogens is 398 g/mol. The summed E-state index contributed by atoms with van der Waals surface area (Å²) in [6.07, 6.45) is 5.26. The Labute approximate surface area is 189 Å².